The molecule has 2 fully saturated rings. The average Bonchev–Trinajstić information content (AvgIpc) is 2.64. The Bertz CT molecular complexity index is 499. The molecule has 2 nitrogen and oxygen atoms in total. The quantitative estimate of drug-likeness (QED) is 0.545. The molecule has 3 heteroatoms. The van der Waals surface area contributed by atoms with Crippen LogP contribution in [-0.2, 0) is 4.79 Å². The van der Waals surface area contributed by atoms with Crippen molar-refractivity contribution in [3.8, 4) is 11.5 Å². The molecule has 0 radical (unpaired) electrons. The average molecular weight is 276 g/mol. The molecule has 104 valence electrons. The molecule has 2 rings (SSSR count). The third kappa shape index (κ3) is 2.32. The number of carbonyl (C=O) groups excluding carboxylic acids is 1. The topological polar surface area (TPSA) is 37.3 Å². The lowest BCUT2D eigenvalue weighted by Crippen LogP contribution is -2.43. The second kappa shape index (κ2) is 4.33. The van der Waals surface area contributed by atoms with E-state index in [2.05, 4.69) is 31.1 Å². The molecule has 2 aliphatic rings. The van der Waals surface area contributed by atoms with Gasteiger partial charge in [-0.25, -0.2) is 0 Å². The van der Waals surface area contributed by atoms with Crippen molar-refractivity contribution in [2.75, 3.05) is 0 Å². The van der Waals surface area contributed by atoms with Crippen molar-refractivity contribution in [1.29, 1.82) is 0 Å². The lowest BCUT2D eigenvalue weighted by atomic mass is 9.73. The number of hydrogen-bond donors (Lipinski definition) is 1. The second-order valence-electron chi connectivity index (χ2n) is 7.46. The summed E-state index contributed by atoms with van der Waals surface area (Å²) >= 11 is 0. The zero-order valence-corrected chi connectivity index (χ0v) is 13.6. The first-order valence-electron chi connectivity index (χ1n) is 7.05. The van der Waals surface area contributed by atoms with E-state index in [1.807, 2.05) is 19.9 Å². The largest absolute Gasteiger partial charge is 0.388 e. The Morgan fingerprint density at radius 2 is 2.00 bits per heavy atom. The number of allylic oxidation sites excluding steroid dienone is 1. The Kier molecular flexibility index (Phi) is 3.31. The third-order valence-electron chi connectivity index (χ3n) is 4.72. The maximum Gasteiger partial charge on any atom is 0.139 e. The maximum atomic E-state index is 11.9. The van der Waals surface area contributed by atoms with Crippen molar-refractivity contribution in [1.82, 2.24) is 0 Å². The van der Waals surface area contributed by atoms with Gasteiger partial charge in [-0.15, -0.1) is 5.54 Å². The Labute approximate surface area is 117 Å². The first-order chi connectivity index (χ1) is 8.58. The van der Waals surface area contributed by atoms with E-state index in [0.717, 1.165) is 5.57 Å². The number of rotatable bonds is 0. The van der Waals surface area contributed by atoms with Crippen molar-refractivity contribution in [2.24, 2.45) is 11.3 Å². The minimum absolute atomic E-state index is 0.206. The van der Waals surface area contributed by atoms with E-state index in [9.17, 15) is 9.90 Å². The van der Waals surface area contributed by atoms with Crippen LogP contribution in [0.5, 0.6) is 0 Å². The number of hydrogen-bond acceptors (Lipinski definition) is 2. The van der Waals surface area contributed by atoms with Crippen molar-refractivity contribution < 1.29 is 9.90 Å². The molecule has 0 aromatic carbocycles. The Hall–Kier alpha value is -0.853. The SMILES string of the molecule is CC1(C)/C(=C/C#C[Si](C)(C)C)CC2C(=O)CCC21O. The highest BCUT2D eigenvalue weighted by Gasteiger charge is 2.61. The summed E-state index contributed by atoms with van der Waals surface area (Å²) in [6, 6.07) is 0. The van der Waals surface area contributed by atoms with Crippen molar-refractivity contribution in [3.63, 3.8) is 0 Å². The van der Waals surface area contributed by atoms with Gasteiger partial charge in [0.2, 0.25) is 0 Å². The Balaban J connectivity index is 2.33. The van der Waals surface area contributed by atoms with Crippen LogP contribution in [-0.4, -0.2) is 24.6 Å². The van der Waals surface area contributed by atoms with Gasteiger partial charge in [0, 0.05) is 11.8 Å². The molecular weight excluding hydrogens is 252 g/mol. The molecule has 0 bridgehead atoms. The standard InChI is InChI=1S/C16H24O2Si/c1-15(2)12(7-6-10-19(3,4)5)11-13-14(17)8-9-16(13,15)18/h7,13,18H,8-9,11H2,1-5H3/b12-7+. The van der Waals surface area contributed by atoms with E-state index >= 15 is 0 Å². The molecule has 1 N–H and O–H groups in total. The predicted molar refractivity (Wildman–Crippen MR) is 80.3 cm³/mol. The van der Waals surface area contributed by atoms with Crippen LogP contribution in [0.15, 0.2) is 11.6 Å². The van der Waals surface area contributed by atoms with Crippen molar-refractivity contribution in [3.05, 3.63) is 11.6 Å². The molecule has 2 unspecified atom stereocenters. The highest BCUT2D eigenvalue weighted by atomic mass is 28.3. The van der Waals surface area contributed by atoms with E-state index < -0.39 is 13.7 Å². The summed E-state index contributed by atoms with van der Waals surface area (Å²) in [6.45, 7) is 10.7. The van der Waals surface area contributed by atoms with Crippen LogP contribution in [0.25, 0.3) is 0 Å². The summed E-state index contributed by atoms with van der Waals surface area (Å²) in [7, 11) is -1.37. The van der Waals surface area contributed by atoms with Crippen molar-refractivity contribution >= 4 is 13.9 Å². The summed E-state index contributed by atoms with van der Waals surface area (Å²) in [5.41, 5.74) is 3.27. The number of fused-ring (bicyclic) bond motifs is 1. The first kappa shape index (κ1) is 14.6. The highest BCUT2D eigenvalue weighted by Crippen LogP contribution is 2.58. The van der Waals surface area contributed by atoms with Crippen LogP contribution >= 0.6 is 0 Å². The number of carbonyl (C=O) groups is 1. The van der Waals surface area contributed by atoms with E-state index in [0.29, 0.717) is 19.3 Å². The fourth-order valence-electron chi connectivity index (χ4n) is 3.29. The van der Waals surface area contributed by atoms with Crippen LogP contribution in [0, 0.1) is 22.8 Å². The molecule has 0 aromatic heterocycles. The van der Waals surface area contributed by atoms with Gasteiger partial charge in [0.1, 0.15) is 13.9 Å². The minimum atomic E-state index is -1.37. The maximum absolute atomic E-state index is 11.9. The van der Waals surface area contributed by atoms with Gasteiger partial charge >= 0.3 is 0 Å². The predicted octanol–water partition coefficient (Wildman–Crippen LogP) is 2.93. The summed E-state index contributed by atoms with van der Waals surface area (Å²) < 4.78 is 0. The van der Waals surface area contributed by atoms with Gasteiger partial charge in [0.15, 0.2) is 0 Å². The number of Topliss-reactive ketones (excluding diaryl/α,β-unsaturated/α-hetero) is 1. The summed E-state index contributed by atoms with van der Waals surface area (Å²) in [4.78, 5) is 11.9. The van der Waals surface area contributed by atoms with E-state index in [1.165, 1.54) is 0 Å². The highest BCUT2D eigenvalue weighted by molar-refractivity contribution is 6.83. The van der Waals surface area contributed by atoms with Crippen LogP contribution in [0.2, 0.25) is 19.6 Å². The minimum Gasteiger partial charge on any atom is -0.388 e. The molecule has 0 amide bonds. The normalized spacial score (nSPS) is 35.2. The molecule has 2 atom stereocenters. The van der Waals surface area contributed by atoms with Gasteiger partial charge in [-0.05, 0) is 18.9 Å². The second-order valence-corrected chi connectivity index (χ2v) is 12.2. The molecule has 0 saturated heterocycles. The smallest absolute Gasteiger partial charge is 0.139 e. The van der Waals surface area contributed by atoms with Gasteiger partial charge in [0.05, 0.1) is 11.5 Å². The van der Waals surface area contributed by atoms with Crippen LogP contribution in [0.1, 0.15) is 33.1 Å². The van der Waals surface area contributed by atoms with Gasteiger partial charge < -0.3 is 5.11 Å². The van der Waals surface area contributed by atoms with Crippen molar-refractivity contribution in [2.45, 2.75) is 58.4 Å². The van der Waals surface area contributed by atoms with E-state index in [1.54, 1.807) is 0 Å². The summed E-state index contributed by atoms with van der Waals surface area (Å²) in [6.07, 6.45) is 3.77. The van der Waals surface area contributed by atoms with Gasteiger partial charge in [0.25, 0.3) is 0 Å². The fraction of sp³-hybridized carbons (Fsp3) is 0.688. The van der Waals surface area contributed by atoms with Gasteiger partial charge in [-0.1, -0.05) is 45.0 Å². The zero-order valence-electron chi connectivity index (χ0n) is 12.6. The lowest BCUT2D eigenvalue weighted by molar-refractivity contribution is -0.125. The first-order valence-corrected chi connectivity index (χ1v) is 10.6. The molecule has 0 heterocycles. The monoisotopic (exact) mass is 276 g/mol. The molecule has 2 saturated carbocycles. The molecule has 0 aromatic rings. The number of ketones is 1. The number of aliphatic hydroxyl groups is 1. The van der Waals surface area contributed by atoms with Crippen LogP contribution in [0.4, 0.5) is 0 Å². The van der Waals surface area contributed by atoms with Crippen LogP contribution < -0.4 is 0 Å². The van der Waals surface area contributed by atoms with E-state index in [4.69, 9.17) is 0 Å². The Morgan fingerprint density at radius 1 is 1.37 bits per heavy atom. The summed E-state index contributed by atoms with van der Waals surface area (Å²) in [5.74, 6) is 3.19. The van der Waals surface area contributed by atoms with Gasteiger partial charge in [-0.3, -0.25) is 4.79 Å². The summed E-state index contributed by atoms with van der Waals surface area (Å²) in [5, 5.41) is 10.9. The molecule has 2 aliphatic carbocycles. The third-order valence-corrected chi connectivity index (χ3v) is 5.61. The van der Waals surface area contributed by atoms with E-state index in [-0.39, 0.29) is 17.1 Å². The zero-order chi connectivity index (χ0) is 14.5. The fourth-order valence-corrected chi connectivity index (χ4v) is 3.80. The lowest BCUT2D eigenvalue weighted by Gasteiger charge is -2.36. The van der Waals surface area contributed by atoms with Crippen LogP contribution in [0.3, 0.4) is 0 Å². The molecule has 0 aliphatic heterocycles. The molecule has 0 spiro atoms. The molecule has 19 heavy (non-hydrogen) atoms. The van der Waals surface area contributed by atoms with Gasteiger partial charge in [-0.2, -0.15) is 0 Å². The molecular formula is C16H24O2Si. The Morgan fingerprint density at radius 3 is 2.53 bits per heavy atom.